The van der Waals surface area contributed by atoms with Crippen molar-refractivity contribution in [2.45, 2.75) is 5.03 Å². The standard InChI is InChI=1S/C11H7ClFN3O4S/c12-7-3-4-9(10(6-7)16(17)18)15-21(19,20)11-8(13)2-1-5-14-11/h1-6,15H. The summed E-state index contributed by atoms with van der Waals surface area (Å²) >= 11 is 5.62. The summed E-state index contributed by atoms with van der Waals surface area (Å²) in [6, 6.07) is 5.49. The number of nitro benzene ring substituents is 1. The summed E-state index contributed by atoms with van der Waals surface area (Å²) in [6.45, 7) is 0. The number of anilines is 1. The quantitative estimate of drug-likeness (QED) is 0.685. The lowest BCUT2D eigenvalue weighted by molar-refractivity contribution is -0.383. The summed E-state index contributed by atoms with van der Waals surface area (Å²) in [7, 11) is -4.40. The van der Waals surface area contributed by atoms with Gasteiger partial charge in [-0.1, -0.05) is 11.6 Å². The Balaban J connectivity index is 2.47. The molecule has 1 heterocycles. The van der Waals surface area contributed by atoms with Gasteiger partial charge in [0, 0.05) is 17.3 Å². The largest absolute Gasteiger partial charge is 0.294 e. The highest BCUT2D eigenvalue weighted by molar-refractivity contribution is 7.92. The Bertz CT molecular complexity index is 813. The molecule has 10 heteroatoms. The number of rotatable bonds is 4. The molecule has 0 fully saturated rings. The second kappa shape index (κ2) is 5.62. The van der Waals surface area contributed by atoms with Crippen molar-refractivity contribution < 1.29 is 17.7 Å². The lowest BCUT2D eigenvalue weighted by Crippen LogP contribution is -2.17. The molecule has 2 aromatic rings. The Morgan fingerprint density at radius 2 is 2.05 bits per heavy atom. The number of aromatic nitrogens is 1. The minimum atomic E-state index is -4.40. The fourth-order valence-electron chi connectivity index (χ4n) is 1.50. The van der Waals surface area contributed by atoms with Crippen molar-refractivity contribution in [1.82, 2.24) is 4.98 Å². The molecular weight excluding hydrogens is 325 g/mol. The van der Waals surface area contributed by atoms with Crippen molar-refractivity contribution >= 4 is 33.0 Å². The summed E-state index contributed by atoms with van der Waals surface area (Å²) in [5.74, 6) is -1.07. The van der Waals surface area contributed by atoms with Crippen LogP contribution in [0.1, 0.15) is 0 Å². The van der Waals surface area contributed by atoms with Gasteiger partial charge in [0.25, 0.3) is 15.7 Å². The van der Waals surface area contributed by atoms with E-state index in [-0.39, 0.29) is 10.7 Å². The maximum atomic E-state index is 13.5. The second-order valence-corrected chi connectivity index (χ2v) is 5.85. The van der Waals surface area contributed by atoms with Gasteiger partial charge in [-0.05, 0) is 24.3 Å². The van der Waals surface area contributed by atoms with Gasteiger partial charge in [0.1, 0.15) is 5.69 Å². The molecule has 0 bridgehead atoms. The van der Waals surface area contributed by atoms with E-state index in [0.29, 0.717) is 0 Å². The number of sulfonamides is 1. The molecule has 0 aliphatic carbocycles. The number of benzene rings is 1. The third kappa shape index (κ3) is 3.26. The van der Waals surface area contributed by atoms with Crippen LogP contribution in [0.4, 0.5) is 15.8 Å². The Hall–Kier alpha value is -2.26. The fraction of sp³-hybridized carbons (Fsp3) is 0. The Morgan fingerprint density at radius 3 is 2.67 bits per heavy atom. The Morgan fingerprint density at radius 1 is 1.33 bits per heavy atom. The zero-order valence-electron chi connectivity index (χ0n) is 10.2. The molecule has 0 spiro atoms. The second-order valence-electron chi connectivity index (χ2n) is 3.81. The van der Waals surface area contributed by atoms with Crippen LogP contribution >= 0.6 is 11.6 Å². The number of hydrogen-bond donors (Lipinski definition) is 1. The first-order valence-corrected chi connectivity index (χ1v) is 7.24. The van der Waals surface area contributed by atoms with E-state index in [1.54, 1.807) is 0 Å². The van der Waals surface area contributed by atoms with Crippen LogP contribution in [0.2, 0.25) is 5.02 Å². The van der Waals surface area contributed by atoms with E-state index in [1.807, 2.05) is 4.72 Å². The average Bonchev–Trinajstić information content (AvgIpc) is 2.40. The van der Waals surface area contributed by atoms with Gasteiger partial charge in [0.15, 0.2) is 5.82 Å². The van der Waals surface area contributed by atoms with Crippen LogP contribution in [0.5, 0.6) is 0 Å². The lowest BCUT2D eigenvalue weighted by atomic mass is 10.3. The highest BCUT2D eigenvalue weighted by atomic mass is 35.5. The smallest absolute Gasteiger partial charge is 0.272 e. The van der Waals surface area contributed by atoms with Gasteiger partial charge in [-0.3, -0.25) is 14.8 Å². The van der Waals surface area contributed by atoms with Crippen LogP contribution in [0, 0.1) is 15.9 Å². The molecule has 0 aliphatic rings. The van der Waals surface area contributed by atoms with E-state index < -0.39 is 31.5 Å². The molecule has 7 nitrogen and oxygen atoms in total. The van der Waals surface area contributed by atoms with Crippen LogP contribution in [-0.4, -0.2) is 18.3 Å². The number of nitro groups is 1. The average molecular weight is 332 g/mol. The van der Waals surface area contributed by atoms with Gasteiger partial charge in [-0.2, -0.15) is 8.42 Å². The molecule has 0 saturated carbocycles. The number of nitrogens with zero attached hydrogens (tertiary/aromatic N) is 2. The van der Waals surface area contributed by atoms with Gasteiger partial charge >= 0.3 is 0 Å². The van der Waals surface area contributed by atoms with Crippen LogP contribution in [-0.2, 0) is 10.0 Å². The van der Waals surface area contributed by atoms with Gasteiger partial charge in [-0.15, -0.1) is 0 Å². The molecule has 0 aliphatic heterocycles. The molecule has 21 heavy (non-hydrogen) atoms. The van der Waals surface area contributed by atoms with Crippen LogP contribution < -0.4 is 4.72 Å². The molecule has 0 radical (unpaired) electrons. The van der Waals surface area contributed by atoms with E-state index in [4.69, 9.17) is 11.6 Å². The molecule has 1 aromatic heterocycles. The van der Waals surface area contributed by atoms with E-state index in [9.17, 15) is 22.9 Å². The van der Waals surface area contributed by atoms with Gasteiger partial charge in [-0.25, -0.2) is 9.37 Å². The van der Waals surface area contributed by atoms with Gasteiger partial charge in [0.2, 0.25) is 5.03 Å². The highest BCUT2D eigenvalue weighted by Gasteiger charge is 2.24. The highest BCUT2D eigenvalue weighted by Crippen LogP contribution is 2.29. The fourth-order valence-corrected chi connectivity index (χ4v) is 2.75. The van der Waals surface area contributed by atoms with Crippen molar-refractivity contribution in [3.8, 4) is 0 Å². The molecule has 1 aromatic carbocycles. The number of hydrogen-bond acceptors (Lipinski definition) is 5. The predicted molar refractivity (Wildman–Crippen MR) is 73.1 cm³/mol. The topological polar surface area (TPSA) is 102 Å². The van der Waals surface area contributed by atoms with Crippen molar-refractivity contribution in [3.63, 3.8) is 0 Å². The van der Waals surface area contributed by atoms with Gasteiger partial charge < -0.3 is 0 Å². The molecule has 110 valence electrons. The molecule has 0 saturated heterocycles. The van der Waals surface area contributed by atoms with E-state index >= 15 is 0 Å². The summed E-state index contributed by atoms with van der Waals surface area (Å²) in [5.41, 5.74) is -0.892. The first kappa shape index (κ1) is 15.1. The summed E-state index contributed by atoms with van der Waals surface area (Å²) in [5, 5.41) is 10.1. The third-order valence-corrected chi connectivity index (χ3v) is 3.91. The van der Waals surface area contributed by atoms with Crippen LogP contribution in [0.3, 0.4) is 0 Å². The van der Waals surface area contributed by atoms with Crippen molar-refractivity contribution in [2.75, 3.05) is 4.72 Å². The molecular formula is C11H7ClFN3O4S. The van der Waals surface area contributed by atoms with E-state index in [1.165, 1.54) is 12.1 Å². The Labute approximate surface area is 123 Å². The molecule has 0 atom stereocenters. The zero-order valence-corrected chi connectivity index (χ0v) is 11.7. The van der Waals surface area contributed by atoms with E-state index in [0.717, 1.165) is 24.4 Å². The minimum absolute atomic E-state index is 0.0636. The normalized spacial score (nSPS) is 11.1. The first-order chi connectivity index (χ1) is 9.81. The Kier molecular flexibility index (Phi) is 4.05. The molecule has 0 unspecified atom stereocenters. The van der Waals surface area contributed by atoms with Crippen molar-refractivity contribution in [3.05, 3.63) is 57.5 Å². The molecule has 0 amide bonds. The monoisotopic (exact) mass is 331 g/mol. The molecule has 2 rings (SSSR count). The number of halogens is 2. The van der Waals surface area contributed by atoms with Crippen molar-refractivity contribution in [1.29, 1.82) is 0 Å². The van der Waals surface area contributed by atoms with Gasteiger partial charge in [0.05, 0.1) is 4.92 Å². The van der Waals surface area contributed by atoms with Crippen LogP contribution in [0.15, 0.2) is 41.6 Å². The lowest BCUT2D eigenvalue weighted by Gasteiger charge is -2.08. The maximum absolute atomic E-state index is 13.5. The third-order valence-electron chi connectivity index (χ3n) is 2.38. The molecule has 1 N–H and O–H groups in total. The summed E-state index contributed by atoms with van der Waals surface area (Å²) in [6.07, 6.45) is 1.09. The number of nitrogens with one attached hydrogen (secondary N) is 1. The van der Waals surface area contributed by atoms with Crippen molar-refractivity contribution in [2.24, 2.45) is 0 Å². The maximum Gasteiger partial charge on any atom is 0.294 e. The first-order valence-electron chi connectivity index (χ1n) is 5.38. The minimum Gasteiger partial charge on any atom is -0.272 e. The summed E-state index contributed by atoms with van der Waals surface area (Å²) in [4.78, 5) is 13.5. The SMILES string of the molecule is O=[N+]([O-])c1cc(Cl)ccc1NS(=O)(=O)c1ncccc1F. The van der Waals surface area contributed by atoms with Crippen LogP contribution in [0.25, 0.3) is 0 Å². The predicted octanol–water partition coefficient (Wildman–Crippen LogP) is 2.58. The van der Waals surface area contributed by atoms with E-state index in [2.05, 4.69) is 4.98 Å². The number of pyridine rings is 1. The zero-order chi connectivity index (χ0) is 15.6. The summed E-state index contributed by atoms with van der Waals surface area (Å²) < 4.78 is 39.4.